The largest absolute Gasteiger partial charge is 0.461 e. The highest BCUT2D eigenvalue weighted by Gasteiger charge is 2.27. The molecule has 0 fully saturated rings. The molecule has 1 amide bonds. The Labute approximate surface area is 124 Å². The number of ether oxygens (including phenoxy) is 2. The summed E-state index contributed by atoms with van der Waals surface area (Å²) >= 11 is 0. The molecule has 0 bridgehead atoms. The second-order valence-corrected chi connectivity index (χ2v) is 5.85. The number of nitrogens with one attached hydrogen (secondary N) is 1. The highest BCUT2D eigenvalue weighted by atomic mass is 16.6. The molecule has 1 N–H and O–H groups in total. The summed E-state index contributed by atoms with van der Waals surface area (Å²) in [7, 11) is 0. The van der Waals surface area contributed by atoms with E-state index >= 15 is 0 Å². The lowest BCUT2D eigenvalue weighted by Crippen LogP contribution is -2.39. The summed E-state index contributed by atoms with van der Waals surface area (Å²) in [5, 5.41) is 2.53. The van der Waals surface area contributed by atoms with Crippen LogP contribution in [-0.4, -0.2) is 28.8 Å². The predicted octanol–water partition coefficient (Wildman–Crippen LogP) is 2.60. The zero-order chi connectivity index (χ0) is 16.0. The maximum Gasteiger partial charge on any atom is 0.408 e. The van der Waals surface area contributed by atoms with E-state index in [9.17, 15) is 9.59 Å². The molecule has 1 unspecified atom stereocenters. The summed E-state index contributed by atoms with van der Waals surface area (Å²) in [6.07, 6.45) is 2.14. The van der Waals surface area contributed by atoms with E-state index in [-0.39, 0.29) is 6.10 Å². The SMILES string of the molecule is CC(C)OC(=O)C(NC(=O)OC(C)(C)C)c1ccncc1. The van der Waals surface area contributed by atoms with Crippen LogP contribution >= 0.6 is 0 Å². The maximum atomic E-state index is 12.1. The summed E-state index contributed by atoms with van der Waals surface area (Å²) in [6, 6.07) is 2.36. The molecule has 0 radical (unpaired) electrons. The minimum atomic E-state index is -0.926. The van der Waals surface area contributed by atoms with Crippen LogP contribution in [0.15, 0.2) is 24.5 Å². The van der Waals surface area contributed by atoms with Crippen LogP contribution in [-0.2, 0) is 14.3 Å². The minimum absolute atomic E-state index is 0.276. The molecule has 0 aliphatic carbocycles. The number of hydrogen-bond donors (Lipinski definition) is 1. The molecule has 0 aliphatic heterocycles. The fourth-order valence-corrected chi connectivity index (χ4v) is 1.56. The van der Waals surface area contributed by atoms with Gasteiger partial charge in [0.1, 0.15) is 5.60 Å². The van der Waals surface area contributed by atoms with Crippen LogP contribution in [0.2, 0.25) is 0 Å². The lowest BCUT2D eigenvalue weighted by atomic mass is 10.1. The summed E-state index contributed by atoms with van der Waals surface area (Å²) < 4.78 is 10.3. The van der Waals surface area contributed by atoms with Crippen LogP contribution in [0.1, 0.15) is 46.2 Å². The van der Waals surface area contributed by atoms with Gasteiger partial charge in [-0.3, -0.25) is 4.98 Å². The summed E-state index contributed by atoms with van der Waals surface area (Å²) in [5.74, 6) is -0.540. The highest BCUT2D eigenvalue weighted by molar-refractivity contribution is 5.82. The first-order valence-electron chi connectivity index (χ1n) is 6.79. The molecule has 0 spiro atoms. The average Bonchev–Trinajstić information content (AvgIpc) is 2.34. The van der Waals surface area contributed by atoms with Gasteiger partial charge in [-0.15, -0.1) is 0 Å². The summed E-state index contributed by atoms with van der Waals surface area (Å²) in [6.45, 7) is 8.74. The number of carbonyl (C=O) groups is 2. The van der Waals surface area contributed by atoms with Gasteiger partial charge >= 0.3 is 12.1 Å². The molecule has 6 heteroatoms. The molecule has 21 heavy (non-hydrogen) atoms. The lowest BCUT2D eigenvalue weighted by Gasteiger charge is -2.23. The van der Waals surface area contributed by atoms with Crippen molar-refractivity contribution in [2.24, 2.45) is 0 Å². The number of amides is 1. The Balaban J connectivity index is 2.88. The molecule has 116 valence electrons. The predicted molar refractivity (Wildman–Crippen MR) is 77.6 cm³/mol. The van der Waals surface area contributed by atoms with Gasteiger partial charge in [0.2, 0.25) is 0 Å². The topological polar surface area (TPSA) is 77.5 Å². The molecule has 1 rings (SSSR count). The van der Waals surface area contributed by atoms with Gasteiger partial charge in [-0.25, -0.2) is 9.59 Å². The van der Waals surface area contributed by atoms with Gasteiger partial charge in [0.05, 0.1) is 6.10 Å². The van der Waals surface area contributed by atoms with Crippen molar-refractivity contribution in [3.05, 3.63) is 30.1 Å². The van der Waals surface area contributed by atoms with Gasteiger partial charge in [0, 0.05) is 12.4 Å². The Bertz CT molecular complexity index is 480. The molecule has 0 saturated heterocycles. The Morgan fingerprint density at radius 2 is 1.76 bits per heavy atom. The Morgan fingerprint density at radius 3 is 2.24 bits per heavy atom. The van der Waals surface area contributed by atoms with Crippen molar-refractivity contribution in [1.82, 2.24) is 10.3 Å². The molecule has 0 aromatic carbocycles. The van der Waals surface area contributed by atoms with Crippen LogP contribution in [0.5, 0.6) is 0 Å². The third kappa shape index (κ3) is 6.25. The molecule has 1 heterocycles. The average molecular weight is 294 g/mol. The first-order valence-corrected chi connectivity index (χ1v) is 6.79. The van der Waals surface area contributed by atoms with E-state index in [0.29, 0.717) is 5.56 Å². The smallest absolute Gasteiger partial charge is 0.408 e. The monoisotopic (exact) mass is 294 g/mol. The van der Waals surface area contributed by atoms with E-state index < -0.39 is 23.7 Å². The van der Waals surface area contributed by atoms with Crippen molar-refractivity contribution in [2.45, 2.75) is 52.4 Å². The minimum Gasteiger partial charge on any atom is -0.461 e. The first-order chi connectivity index (χ1) is 9.69. The second kappa shape index (κ2) is 7.06. The number of hydrogen-bond acceptors (Lipinski definition) is 5. The molecule has 1 aromatic rings. The van der Waals surface area contributed by atoms with E-state index in [0.717, 1.165) is 0 Å². The fraction of sp³-hybridized carbons (Fsp3) is 0.533. The van der Waals surface area contributed by atoms with Crippen molar-refractivity contribution < 1.29 is 19.1 Å². The van der Waals surface area contributed by atoms with Gasteiger partial charge in [-0.05, 0) is 52.3 Å². The van der Waals surface area contributed by atoms with Crippen molar-refractivity contribution in [3.8, 4) is 0 Å². The molecule has 0 saturated carbocycles. The maximum absolute atomic E-state index is 12.1. The van der Waals surface area contributed by atoms with Crippen molar-refractivity contribution in [1.29, 1.82) is 0 Å². The Kier molecular flexibility index (Phi) is 5.69. The van der Waals surface area contributed by atoms with Crippen LogP contribution in [0.4, 0.5) is 4.79 Å². The molecule has 1 aromatic heterocycles. The first kappa shape index (κ1) is 16.9. The molecular weight excluding hydrogens is 272 g/mol. The number of esters is 1. The third-order valence-electron chi connectivity index (χ3n) is 2.29. The standard InChI is InChI=1S/C15H22N2O4/c1-10(2)20-13(18)12(11-6-8-16-9-7-11)17-14(19)21-15(3,4)5/h6-10,12H,1-5H3,(H,17,19). The number of aromatic nitrogens is 1. The Hall–Kier alpha value is -2.11. The van der Waals surface area contributed by atoms with Crippen LogP contribution in [0, 0.1) is 0 Å². The van der Waals surface area contributed by atoms with Crippen LogP contribution < -0.4 is 5.32 Å². The van der Waals surface area contributed by atoms with E-state index in [1.165, 1.54) is 0 Å². The Morgan fingerprint density at radius 1 is 1.19 bits per heavy atom. The highest BCUT2D eigenvalue weighted by Crippen LogP contribution is 2.16. The summed E-state index contributed by atoms with van der Waals surface area (Å²) in [5.41, 5.74) is -0.0593. The zero-order valence-electron chi connectivity index (χ0n) is 13.0. The van der Waals surface area contributed by atoms with E-state index in [1.54, 1.807) is 59.1 Å². The quantitative estimate of drug-likeness (QED) is 0.864. The van der Waals surface area contributed by atoms with Crippen LogP contribution in [0.25, 0.3) is 0 Å². The van der Waals surface area contributed by atoms with Gasteiger partial charge in [-0.1, -0.05) is 0 Å². The van der Waals surface area contributed by atoms with E-state index in [4.69, 9.17) is 9.47 Å². The molecule has 1 atom stereocenters. The lowest BCUT2D eigenvalue weighted by molar-refractivity contribution is -0.150. The molecule has 6 nitrogen and oxygen atoms in total. The van der Waals surface area contributed by atoms with Gasteiger partial charge in [0.15, 0.2) is 6.04 Å². The molecular formula is C15H22N2O4. The number of alkyl carbamates (subject to hydrolysis) is 1. The zero-order valence-corrected chi connectivity index (χ0v) is 13.0. The molecule has 0 aliphatic rings. The van der Waals surface area contributed by atoms with E-state index in [2.05, 4.69) is 10.3 Å². The van der Waals surface area contributed by atoms with Crippen molar-refractivity contribution in [3.63, 3.8) is 0 Å². The van der Waals surface area contributed by atoms with Gasteiger partial charge < -0.3 is 14.8 Å². The number of nitrogens with zero attached hydrogens (tertiary/aromatic N) is 1. The summed E-state index contributed by atoms with van der Waals surface area (Å²) in [4.78, 5) is 27.9. The second-order valence-electron chi connectivity index (χ2n) is 5.85. The number of carbonyl (C=O) groups excluding carboxylic acids is 2. The van der Waals surface area contributed by atoms with E-state index in [1.807, 2.05) is 0 Å². The third-order valence-corrected chi connectivity index (χ3v) is 2.29. The van der Waals surface area contributed by atoms with Crippen LogP contribution in [0.3, 0.4) is 0 Å². The normalized spacial score (nSPS) is 12.7. The van der Waals surface area contributed by atoms with Gasteiger partial charge in [-0.2, -0.15) is 0 Å². The van der Waals surface area contributed by atoms with Crippen molar-refractivity contribution >= 4 is 12.1 Å². The van der Waals surface area contributed by atoms with Crippen molar-refractivity contribution in [2.75, 3.05) is 0 Å². The number of pyridine rings is 1. The fourth-order valence-electron chi connectivity index (χ4n) is 1.56. The number of rotatable bonds is 4. The van der Waals surface area contributed by atoms with Gasteiger partial charge in [0.25, 0.3) is 0 Å².